The van der Waals surface area contributed by atoms with Crippen molar-refractivity contribution in [1.29, 1.82) is 0 Å². The Kier molecular flexibility index (Phi) is 5.18. The highest BCUT2D eigenvalue weighted by Crippen LogP contribution is 2.34. The highest BCUT2D eigenvalue weighted by Gasteiger charge is 2.31. The third kappa shape index (κ3) is 3.39. The maximum absolute atomic E-state index is 14.1. The maximum atomic E-state index is 14.1. The Morgan fingerprint density at radius 2 is 1.97 bits per heavy atom. The van der Waals surface area contributed by atoms with E-state index in [1.54, 1.807) is 29.9 Å². The summed E-state index contributed by atoms with van der Waals surface area (Å²) in [4.78, 5) is 30.0. The number of nitrogens with one attached hydrogen (secondary N) is 1. The zero-order chi connectivity index (χ0) is 23.4. The number of aromatic nitrogens is 3. The van der Waals surface area contributed by atoms with Gasteiger partial charge in [0.1, 0.15) is 0 Å². The van der Waals surface area contributed by atoms with E-state index in [-0.39, 0.29) is 29.9 Å². The van der Waals surface area contributed by atoms with Gasteiger partial charge in [-0.25, -0.2) is 8.78 Å². The summed E-state index contributed by atoms with van der Waals surface area (Å²) in [6.45, 7) is 2.80. The number of ether oxygens (including phenoxy) is 1. The predicted molar refractivity (Wildman–Crippen MR) is 119 cm³/mol. The molecule has 10 heteroatoms. The van der Waals surface area contributed by atoms with E-state index >= 15 is 0 Å². The fourth-order valence-corrected chi connectivity index (χ4v) is 4.65. The molecule has 33 heavy (non-hydrogen) atoms. The molecule has 2 aromatic carbocycles. The van der Waals surface area contributed by atoms with Crippen LogP contribution >= 0.6 is 11.6 Å². The number of amides is 1. The van der Waals surface area contributed by atoms with Gasteiger partial charge in [-0.1, -0.05) is 11.6 Å². The van der Waals surface area contributed by atoms with E-state index in [0.717, 1.165) is 17.6 Å². The Morgan fingerprint density at radius 1 is 1.24 bits per heavy atom. The molecule has 0 spiro atoms. The highest BCUT2D eigenvalue weighted by molar-refractivity contribution is 6.34. The Hall–Kier alpha value is -3.30. The minimum Gasteiger partial charge on any atom is -0.373 e. The molecule has 4 aromatic rings. The molecule has 2 aromatic heterocycles. The van der Waals surface area contributed by atoms with E-state index in [1.807, 2.05) is 6.92 Å². The number of fused-ring (bicyclic) bond motifs is 4. The van der Waals surface area contributed by atoms with Gasteiger partial charge in [0.15, 0.2) is 16.8 Å². The maximum Gasteiger partial charge on any atom is 0.256 e. The van der Waals surface area contributed by atoms with Crippen molar-refractivity contribution in [3.05, 3.63) is 74.3 Å². The van der Waals surface area contributed by atoms with E-state index in [1.165, 1.54) is 4.90 Å². The number of aryl methyl sites for hydroxylation is 1. The predicted octanol–water partition coefficient (Wildman–Crippen LogP) is 4.17. The van der Waals surface area contributed by atoms with Crippen LogP contribution in [0.4, 0.5) is 8.78 Å². The first-order valence-electron chi connectivity index (χ1n) is 10.3. The van der Waals surface area contributed by atoms with Crippen LogP contribution in [0, 0.1) is 11.6 Å². The van der Waals surface area contributed by atoms with E-state index < -0.39 is 23.2 Å². The molecule has 0 fully saturated rings. The number of rotatable bonds is 3. The normalized spacial score (nSPS) is 15.7. The number of nitrogens with zero attached hydrogens (tertiary/aromatic N) is 3. The van der Waals surface area contributed by atoms with Crippen LogP contribution in [0.25, 0.3) is 21.7 Å². The Labute approximate surface area is 191 Å². The van der Waals surface area contributed by atoms with Crippen molar-refractivity contribution < 1.29 is 18.3 Å². The molecule has 1 aliphatic heterocycles. The van der Waals surface area contributed by atoms with E-state index in [4.69, 9.17) is 16.3 Å². The summed E-state index contributed by atoms with van der Waals surface area (Å²) >= 11 is 6.26. The third-order valence-electron chi connectivity index (χ3n) is 6.08. The van der Waals surface area contributed by atoms with Crippen molar-refractivity contribution in [3.63, 3.8) is 0 Å². The van der Waals surface area contributed by atoms with Gasteiger partial charge in [-0.2, -0.15) is 5.10 Å². The van der Waals surface area contributed by atoms with Crippen LogP contribution in [0.5, 0.6) is 0 Å². The number of hydrogen-bond donors (Lipinski definition) is 1. The number of halogens is 3. The number of hydrogen-bond acceptors (Lipinski definition) is 4. The van der Waals surface area contributed by atoms with Crippen LogP contribution in [-0.4, -0.2) is 39.2 Å². The molecule has 7 nitrogen and oxygen atoms in total. The van der Waals surface area contributed by atoms with Crippen molar-refractivity contribution in [3.8, 4) is 0 Å². The first kappa shape index (κ1) is 21.5. The molecule has 0 unspecified atom stereocenters. The average Bonchev–Trinajstić information content (AvgIpc) is 3.14. The molecular weight excluding hydrogens is 454 g/mol. The van der Waals surface area contributed by atoms with Crippen molar-refractivity contribution in [2.24, 2.45) is 0 Å². The lowest BCUT2D eigenvalue weighted by Crippen LogP contribution is -2.37. The quantitative estimate of drug-likeness (QED) is 0.485. The van der Waals surface area contributed by atoms with Gasteiger partial charge in [0, 0.05) is 35.8 Å². The SMILES string of the molecule is CCn1nc(Cl)c2cc(C(=O)N(C)[C@@H]3COCc4[nH]c(=O)c5cc(F)c(F)cc5c43)ccc21. The number of H-pyrrole nitrogens is 1. The first-order valence-corrected chi connectivity index (χ1v) is 10.7. The number of carbonyl (C=O) groups is 1. The van der Waals surface area contributed by atoms with E-state index in [2.05, 4.69) is 10.1 Å². The molecule has 0 radical (unpaired) electrons. The van der Waals surface area contributed by atoms with Crippen LogP contribution in [0.3, 0.4) is 0 Å². The summed E-state index contributed by atoms with van der Waals surface area (Å²) in [5.74, 6) is -2.50. The molecule has 5 rings (SSSR count). The summed E-state index contributed by atoms with van der Waals surface area (Å²) in [5.41, 5.74) is 1.62. The van der Waals surface area contributed by atoms with Gasteiger partial charge in [0.25, 0.3) is 11.5 Å². The zero-order valence-corrected chi connectivity index (χ0v) is 18.5. The van der Waals surface area contributed by atoms with Crippen LogP contribution in [-0.2, 0) is 17.9 Å². The van der Waals surface area contributed by atoms with Gasteiger partial charge in [0.2, 0.25) is 0 Å². The summed E-state index contributed by atoms with van der Waals surface area (Å²) in [6, 6.07) is 6.40. The number of pyridine rings is 1. The molecular formula is C23H19ClF2N4O3. The van der Waals surface area contributed by atoms with Crippen molar-refractivity contribution in [2.75, 3.05) is 13.7 Å². The van der Waals surface area contributed by atoms with Crippen LogP contribution in [0.15, 0.2) is 35.1 Å². The lowest BCUT2D eigenvalue weighted by Gasteiger charge is -2.34. The topological polar surface area (TPSA) is 80.2 Å². The number of carbonyl (C=O) groups excluding carboxylic acids is 1. The number of likely N-dealkylation sites (N-methyl/N-ethyl adjacent to an activating group) is 1. The average molecular weight is 473 g/mol. The minimum absolute atomic E-state index is 0.0144. The Balaban J connectivity index is 1.60. The molecule has 0 bridgehead atoms. The monoisotopic (exact) mass is 472 g/mol. The van der Waals surface area contributed by atoms with Gasteiger partial charge in [-0.15, -0.1) is 0 Å². The standard InChI is InChI=1S/C23H19ClF2N4O3/c1-3-30-18-5-4-11(6-14(18)21(24)28-30)23(32)29(2)19-10-33-9-17-20(19)12-7-15(25)16(26)8-13(12)22(31)27-17/h4-8,19H,3,9-10H2,1-2H3,(H,27,31)/t19-/m1/s1. The van der Waals surface area contributed by atoms with E-state index in [9.17, 15) is 18.4 Å². The first-order chi connectivity index (χ1) is 15.8. The van der Waals surface area contributed by atoms with Gasteiger partial charge >= 0.3 is 0 Å². The second-order valence-electron chi connectivity index (χ2n) is 7.94. The number of aromatic amines is 1. The smallest absolute Gasteiger partial charge is 0.256 e. The molecule has 1 aliphatic rings. The largest absolute Gasteiger partial charge is 0.373 e. The number of benzene rings is 2. The Bertz CT molecular complexity index is 1500. The second kappa shape index (κ2) is 7.93. The molecule has 0 aliphatic carbocycles. The molecule has 170 valence electrons. The second-order valence-corrected chi connectivity index (χ2v) is 8.30. The van der Waals surface area contributed by atoms with Crippen LogP contribution in [0.1, 0.15) is 34.6 Å². The van der Waals surface area contributed by atoms with Gasteiger partial charge in [-0.3, -0.25) is 14.3 Å². The summed E-state index contributed by atoms with van der Waals surface area (Å²) in [7, 11) is 1.60. The molecule has 3 heterocycles. The zero-order valence-electron chi connectivity index (χ0n) is 17.8. The van der Waals surface area contributed by atoms with Crippen molar-refractivity contribution >= 4 is 39.2 Å². The lowest BCUT2D eigenvalue weighted by molar-refractivity contribution is 0.0336. The van der Waals surface area contributed by atoms with Crippen molar-refractivity contribution in [1.82, 2.24) is 19.7 Å². The van der Waals surface area contributed by atoms with Crippen molar-refractivity contribution in [2.45, 2.75) is 26.1 Å². The summed E-state index contributed by atoms with van der Waals surface area (Å²) in [6.07, 6.45) is 0. The fourth-order valence-electron chi connectivity index (χ4n) is 4.41. The third-order valence-corrected chi connectivity index (χ3v) is 6.36. The molecule has 0 saturated heterocycles. The molecule has 0 saturated carbocycles. The highest BCUT2D eigenvalue weighted by atomic mass is 35.5. The lowest BCUT2D eigenvalue weighted by atomic mass is 9.95. The van der Waals surface area contributed by atoms with Gasteiger partial charge in [-0.05, 0) is 42.6 Å². The molecule has 1 N–H and O–H groups in total. The van der Waals surface area contributed by atoms with Gasteiger partial charge < -0.3 is 14.6 Å². The summed E-state index contributed by atoms with van der Waals surface area (Å²) in [5, 5.41) is 5.50. The van der Waals surface area contributed by atoms with E-state index in [0.29, 0.717) is 33.9 Å². The van der Waals surface area contributed by atoms with Crippen LogP contribution in [0.2, 0.25) is 5.15 Å². The Morgan fingerprint density at radius 3 is 2.70 bits per heavy atom. The summed E-state index contributed by atoms with van der Waals surface area (Å²) < 4.78 is 35.3. The van der Waals surface area contributed by atoms with Crippen LogP contribution < -0.4 is 5.56 Å². The van der Waals surface area contributed by atoms with Gasteiger partial charge in [0.05, 0.1) is 30.2 Å². The molecule has 1 amide bonds. The molecule has 1 atom stereocenters. The minimum atomic E-state index is -1.11. The fraction of sp³-hybridized carbons (Fsp3) is 0.261.